The van der Waals surface area contributed by atoms with Gasteiger partial charge in [0.05, 0.1) is 9.79 Å². The summed E-state index contributed by atoms with van der Waals surface area (Å²) in [5.41, 5.74) is 0.612. The molecule has 2 unspecified atom stereocenters. The Morgan fingerprint density at radius 1 is 0.667 bits per heavy atom. The molecular weight excluding hydrogens is 392 g/mol. The maximum absolute atomic E-state index is 12.0. The van der Waals surface area contributed by atoms with Gasteiger partial charge in [-0.15, -0.1) is 0 Å². The van der Waals surface area contributed by atoms with Crippen LogP contribution in [-0.4, -0.2) is 27.8 Å². The van der Waals surface area contributed by atoms with Crippen molar-refractivity contribution in [2.75, 3.05) is 0 Å². The third-order valence-electron chi connectivity index (χ3n) is 2.78. The average Bonchev–Trinajstić information content (AvgIpc) is 2.59. The molecule has 2 atom stereocenters. The summed E-state index contributed by atoms with van der Waals surface area (Å²) < 4.78 is 39.5. The average molecular weight is 402 g/mol. The van der Waals surface area contributed by atoms with Crippen molar-refractivity contribution >= 4 is 54.0 Å². The largest absolute Gasteiger partial charge is 0.302 e. The maximum Gasteiger partial charge on any atom is 0.230 e. The monoisotopic (exact) mass is 402 g/mol. The normalized spacial score (nSPS) is 13.2. The van der Waals surface area contributed by atoms with E-state index < -0.39 is 22.2 Å². The number of rotatable bonds is 4. The van der Waals surface area contributed by atoms with Crippen molar-refractivity contribution in [2.45, 2.75) is 9.79 Å². The highest BCUT2D eigenvalue weighted by Gasteiger charge is 2.14. The van der Waals surface area contributed by atoms with Crippen molar-refractivity contribution < 1.29 is 27.1 Å². The quantitative estimate of drug-likeness (QED) is 0.593. The summed E-state index contributed by atoms with van der Waals surface area (Å²) in [4.78, 5) is 24.3. The van der Waals surface area contributed by atoms with Gasteiger partial charge in [-0.2, -0.15) is 0 Å². The molecule has 24 heavy (non-hydrogen) atoms. The zero-order valence-electron chi connectivity index (χ0n) is 11.8. The van der Waals surface area contributed by atoms with Gasteiger partial charge in [0.2, 0.25) is 10.2 Å². The molecule has 0 aliphatic heterocycles. The number of carbonyl (C=O) groups is 2. The van der Waals surface area contributed by atoms with E-state index >= 15 is 0 Å². The molecule has 0 fully saturated rings. The van der Waals surface area contributed by atoms with Crippen molar-refractivity contribution in [3.63, 3.8) is 0 Å². The molecule has 0 spiro atoms. The predicted molar refractivity (Wildman–Crippen MR) is 94.8 cm³/mol. The van der Waals surface area contributed by atoms with E-state index in [0.29, 0.717) is 11.1 Å². The Bertz CT molecular complexity index is 732. The second kappa shape index (κ2) is 8.70. The standard InChI is InChI=1S/C14H10O6S4/c15-13(9-1-5-11(6-2-9)23(17)18)21-22-14(16)10-3-7-12(8-4-10)24(19)20/h1-8H,(H,17,18)(H,19,20). The van der Waals surface area contributed by atoms with Gasteiger partial charge in [-0.3, -0.25) is 9.59 Å². The first kappa shape index (κ1) is 19.0. The van der Waals surface area contributed by atoms with Gasteiger partial charge in [-0.1, -0.05) is 0 Å². The molecular formula is C14H10O6S4. The lowest BCUT2D eigenvalue weighted by Gasteiger charge is -2.02. The van der Waals surface area contributed by atoms with E-state index in [1.807, 2.05) is 0 Å². The van der Waals surface area contributed by atoms with Crippen LogP contribution in [0.3, 0.4) is 0 Å². The predicted octanol–water partition coefficient (Wildman–Crippen LogP) is 3.21. The van der Waals surface area contributed by atoms with E-state index in [0.717, 1.165) is 21.6 Å². The smallest absolute Gasteiger partial charge is 0.230 e. The van der Waals surface area contributed by atoms with Crippen molar-refractivity contribution in [3.8, 4) is 0 Å². The van der Waals surface area contributed by atoms with Crippen LogP contribution >= 0.6 is 21.6 Å². The van der Waals surface area contributed by atoms with E-state index in [1.54, 1.807) is 0 Å². The molecule has 0 bridgehead atoms. The minimum atomic E-state index is -2.11. The van der Waals surface area contributed by atoms with Crippen LogP contribution in [0.15, 0.2) is 58.3 Å². The molecule has 0 saturated carbocycles. The van der Waals surface area contributed by atoms with E-state index in [-0.39, 0.29) is 20.0 Å². The molecule has 0 aliphatic rings. The molecule has 2 aromatic rings. The molecule has 0 amide bonds. The van der Waals surface area contributed by atoms with Crippen LogP contribution in [-0.2, 0) is 22.2 Å². The van der Waals surface area contributed by atoms with E-state index in [2.05, 4.69) is 0 Å². The van der Waals surface area contributed by atoms with Gasteiger partial charge in [-0.05, 0) is 70.1 Å². The van der Waals surface area contributed by atoms with Crippen LogP contribution in [0.25, 0.3) is 0 Å². The Labute approximate surface area is 150 Å². The Hall–Kier alpha value is -1.30. The first-order chi connectivity index (χ1) is 11.4. The van der Waals surface area contributed by atoms with E-state index in [4.69, 9.17) is 9.11 Å². The molecule has 0 saturated heterocycles. The van der Waals surface area contributed by atoms with Gasteiger partial charge in [-0.25, -0.2) is 8.42 Å². The summed E-state index contributed by atoms with van der Waals surface area (Å²) >= 11 is -4.22. The molecule has 0 aromatic heterocycles. The third kappa shape index (κ3) is 5.10. The van der Waals surface area contributed by atoms with Crippen LogP contribution in [0, 0.1) is 0 Å². The van der Waals surface area contributed by atoms with Crippen molar-refractivity contribution in [1.82, 2.24) is 0 Å². The molecule has 2 N–H and O–H groups in total. The summed E-state index contributed by atoms with van der Waals surface area (Å²) in [6.45, 7) is 0. The van der Waals surface area contributed by atoms with Crippen molar-refractivity contribution in [3.05, 3.63) is 59.7 Å². The zero-order chi connectivity index (χ0) is 17.7. The number of hydrogen-bond donors (Lipinski definition) is 2. The lowest BCUT2D eigenvalue weighted by molar-refractivity contribution is 0.107. The first-order valence-corrected chi connectivity index (χ1v) is 10.6. The number of carbonyl (C=O) groups excluding carboxylic acids is 2. The minimum absolute atomic E-state index is 0.182. The van der Waals surface area contributed by atoms with Gasteiger partial charge in [0.15, 0.2) is 22.2 Å². The first-order valence-electron chi connectivity index (χ1n) is 6.23. The second-order valence-electron chi connectivity index (χ2n) is 4.29. The van der Waals surface area contributed by atoms with E-state index in [1.165, 1.54) is 48.5 Å². The van der Waals surface area contributed by atoms with Gasteiger partial charge in [0.25, 0.3) is 0 Å². The minimum Gasteiger partial charge on any atom is -0.302 e. The van der Waals surface area contributed by atoms with Gasteiger partial charge in [0, 0.05) is 11.1 Å². The topological polar surface area (TPSA) is 109 Å². The Morgan fingerprint density at radius 3 is 1.21 bits per heavy atom. The summed E-state index contributed by atoms with van der Waals surface area (Å²) in [6.07, 6.45) is 0. The molecule has 10 heteroatoms. The Balaban J connectivity index is 1.96. The fraction of sp³-hybridized carbons (Fsp3) is 0. The van der Waals surface area contributed by atoms with Crippen LogP contribution in [0.1, 0.15) is 20.7 Å². The lowest BCUT2D eigenvalue weighted by Crippen LogP contribution is -1.97. The van der Waals surface area contributed by atoms with Gasteiger partial charge >= 0.3 is 0 Å². The van der Waals surface area contributed by atoms with E-state index in [9.17, 15) is 18.0 Å². The van der Waals surface area contributed by atoms with Crippen LogP contribution in [0.2, 0.25) is 0 Å². The maximum atomic E-state index is 12.0. The summed E-state index contributed by atoms with van der Waals surface area (Å²) in [5.74, 6) is 0. The highest BCUT2D eigenvalue weighted by Crippen LogP contribution is 2.30. The van der Waals surface area contributed by atoms with Crippen LogP contribution in [0.5, 0.6) is 0 Å². The summed E-state index contributed by atoms with van der Waals surface area (Å²) in [6, 6.07) is 11.1. The fourth-order valence-electron chi connectivity index (χ4n) is 1.59. The van der Waals surface area contributed by atoms with Gasteiger partial charge < -0.3 is 9.11 Å². The lowest BCUT2D eigenvalue weighted by atomic mass is 10.2. The van der Waals surface area contributed by atoms with Crippen molar-refractivity contribution in [2.24, 2.45) is 0 Å². The van der Waals surface area contributed by atoms with Crippen LogP contribution < -0.4 is 0 Å². The van der Waals surface area contributed by atoms with Crippen LogP contribution in [0.4, 0.5) is 0 Å². The third-order valence-corrected chi connectivity index (χ3v) is 6.14. The molecule has 0 heterocycles. The highest BCUT2D eigenvalue weighted by molar-refractivity contribution is 8.87. The summed E-state index contributed by atoms with van der Waals surface area (Å²) in [7, 11) is 1.48. The molecule has 126 valence electrons. The molecule has 2 aromatic carbocycles. The Morgan fingerprint density at radius 2 is 0.958 bits per heavy atom. The second-order valence-corrected chi connectivity index (χ2v) is 8.30. The van der Waals surface area contributed by atoms with Gasteiger partial charge in [0.1, 0.15) is 0 Å². The number of hydrogen-bond acceptors (Lipinski definition) is 6. The fourth-order valence-corrected chi connectivity index (χ4v) is 3.97. The SMILES string of the molecule is O=C(SSC(=O)c1ccc(S(=O)O)cc1)c1ccc(S(=O)O)cc1. The summed E-state index contributed by atoms with van der Waals surface area (Å²) in [5, 5.41) is -0.728. The zero-order valence-corrected chi connectivity index (χ0v) is 15.0. The Kier molecular flexibility index (Phi) is 6.90. The molecule has 0 aliphatic carbocycles. The van der Waals surface area contributed by atoms with Crippen molar-refractivity contribution in [1.29, 1.82) is 0 Å². The molecule has 2 rings (SSSR count). The molecule has 6 nitrogen and oxygen atoms in total. The number of benzene rings is 2. The molecule has 0 radical (unpaired) electrons. The highest BCUT2D eigenvalue weighted by atomic mass is 33.1.